The fraction of sp³-hybridized carbons (Fsp3) is 0.278. The van der Waals surface area contributed by atoms with Crippen LogP contribution in [0.5, 0.6) is 0 Å². The fourth-order valence-corrected chi connectivity index (χ4v) is 2.55. The van der Waals surface area contributed by atoms with Gasteiger partial charge in [-0.15, -0.1) is 0 Å². The van der Waals surface area contributed by atoms with Gasteiger partial charge in [-0.25, -0.2) is 4.39 Å². The maximum atomic E-state index is 13.2. The minimum Gasteiger partial charge on any atom is -0.383 e. The first-order chi connectivity index (χ1) is 11.1. The number of ether oxygens (including phenoxy) is 1. The predicted molar refractivity (Wildman–Crippen MR) is 88.6 cm³/mol. The average Bonchev–Trinajstić information content (AvgIpc) is 2.55. The molecule has 0 saturated heterocycles. The van der Waals surface area contributed by atoms with Gasteiger partial charge in [0.25, 0.3) is 0 Å². The number of benzene rings is 2. The van der Waals surface area contributed by atoms with Gasteiger partial charge in [-0.1, -0.05) is 29.8 Å². The summed E-state index contributed by atoms with van der Waals surface area (Å²) in [4.78, 5) is 2.15. The van der Waals surface area contributed by atoms with Gasteiger partial charge in [-0.2, -0.15) is 5.26 Å². The lowest BCUT2D eigenvalue weighted by molar-refractivity contribution is 0.140. The van der Waals surface area contributed by atoms with Gasteiger partial charge in [-0.3, -0.25) is 4.90 Å². The molecule has 0 radical (unpaired) electrons. The third kappa shape index (κ3) is 5.33. The highest BCUT2D eigenvalue weighted by Crippen LogP contribution is 2.20. The zero-order chi connectivity index (χ0) is 16.7. The standard InChI is InChI=1S/C18H18ClFN2O/c1-23-8-7-22(12-15-4-2-3-14(9-15)11-21)13-16-5-6-17(20)10-18(16)19/h2-6,9-10H,7-8,12-13H2,1H3. The van der Waals surface area contributed by atoms with Crippen LogP contribution in [-0.2, 0) is 17.8 Å². The average molecular weight is 333 g/mol. The second-order valence-corrected chi connectivity index (χ2v) is 5.66. The number of halogens is 2. The second kappa shape index (κ2) is 8.64. The third-order valence-electron chi connectivity index (χ3n) is 3.48. The van der Waals surface area contributed by atoms with Crippen molar-refractivity contribution in [1.82, 2.24) is 4.90 Å². The van der Waals surface area contributed by atoms with Crippen molar-refractivity contribution < 1.29 is 9.13 Å². The molecule has 0 unspecified atom stereocenters. The molecule has 2 rings (SSSR count). The Balaban J connectivity index is 2.14. The molecule has 2 aromatic carbocycles. The summed E-state index contributed by atoms with van der Waals surface area (Å²) in [5, 5.41) is 9.41. The molecule has 0 aliphatic carbocycles. The van der Waals surface area contributed by atoms with Crippen LogP contribution in [0.25, 0.3) is 0 Å². The highest BCUT2D eigenvalue weighted by Gasteiger charge is 2.10. The van der Waals surface area contributed by atoms with Crippen molar-refractivity contribution in [1.29, 1.82) is 5.26 Å². The lowest BCUT2D eigenvalue weighted by Crippen LogP contribution is -2.26. The van der Waals surface area contributed by atoms with Crippen molar-refractivity contribution in [2.24, 2.45) is 0 Å². The maximum Gasteiger partial charge on any atom is 0.124 e. The Hall–Kier alpha value is -1.93. The topological polar surface area (TPSA) is 36.3 Å². The third-order valence-corrected chi connectivity index (χ3v) is 3.83. The van der Waals surface area contributed by atoms with Gasteiger partial charge < -0.3 is 4.74 Å². The van der Waals surface area contributed by atoms with E-state index in [2.05, 4.69) is 11.0 Å². The molecule has 0 atom stereocenters. The van der Waals surface area contributed by atoms with E-state index in [1.165, 1.54) is 12.1 Å². The number of hydrogen-bond donors (Lipinski definition) is 0. The summed E-state index contributed by atoms with van der Waals surface area (Å²) in [5.41, 5.74) is 2.54. The van der Waals surface area contributed by atoms with Gasteiger partial charge in [-0.05, 0) is 35.4 Å². The van der Waals surface area contributed by atoms with Crippen LogP contribution in [-0.4, -0.2) is 25.2 Å². The van der Waals surface area contributed by atoms with E-state index in [4.69, 9.17) is 21.6 Å². The van der Waals surface area contributed by atoms with Gasteiger partial charge in [0, 0.05) is 31.8 Å². The molecule has 0 bridgehead atoms. The first kappa shape index (κ1) is 17.4. The summed E-state index contributed by atoms with van der Waals surface area (Å²) >= 11 is 6.12. The van der Waals surface area contributed by atoms with Gasteiger partial charge >= 0.3 is 0 Å². The van der Waals surface area contributed by atoms with E-state index in [0.29, 0.717) is 36.8 Å². The van der Waals surface area contributed by atoms with Crippen molar-refractivity contribution in [3.8, 4) is 6.07 Å². The van der Waals surface area contributed by atoms with Crippen molar-refractivity contribution in [3.63, 3.8) is 0 Å². The van der Waals surface area contributed by atoms with E-state index in [1.807, 2.05) is 18.2 Å². The van der Waals surface area contributed by atoms with E-state index in [9.17, 15) is 4.39 Å². The number of nitriles is 1. The van der Waals surface area contributed by atoms with Crippen LogP contribution in [0.3, 0.4) is 0 Å². The summed E-state index contributed by atoms with van der Waals surface area (Å²) in [6.45, 7) is 2.53. The van der Waals surface area contributed by atoms with Crippen LogP contribution in [0.2, 0.25) is 5.02 Å². The SMILES string of the molecule is COCCN(Cc1cccc(C#N)c1)Cc1ccc(F)cc1Cl. The molecule has 0 aromatic heterocycles. The molecular formula is C18H18ClFN2O. The first-order valence-electron chi connectivity index (χ1n) is 7.26. The van der Waals surface area contributed by atoms with Crippen LogP contribution in [0, 0.1) is 17.1 Å². The molecule has 0 N–H and O–H groups in total. The summed E-state index contributed by atoms with van der Waals surface area (Å²) in [5.74, 6) is -0.344. The molecule has 0 heterocycles. The molecule has 0 amide bonds. The summed E-state index contributed by atoms with van der Waals surface area (Å²) < 4.78 is 18.3. The van der Waals surface area contributed by atoms with Crippen molar-refractivity contribution in [2.45, 2.75) is 13.1 Å². The Kier molecular flexibility index (Phi) is 6.54. The van der Waals surface area contributed by atoms with Crippen molar-refractivity contribution in [3.05, 3.63) is 70.0 Å². The van der Waals surface area contributed by atoms with E-state index in [0.717, 1.165) is 11.1 Å². The predicted octanol–water partition coefficient (Wildman–Crippen LogP) is 4.00. The van der Waals surface area contributed by atoms with Gasteiger partial charge in [0.1, 0.15) is 5.82 Å². The number of nitrogens with zero attached hydrogens (tertiary/aromatic N) is 2. The monoisotopic (exact) mass is 332 g/mol. The van der Waals surface area contributed by atoms with Gasteiger partial charge in [0.05, 0.1) is 18.2 Å². The molecule has 2 aromatic rings. The zero-order valence-electron chi connectivity index (χ0n) is 12.9. The van der Waals surface area contributed by atoms with Crippen LogP contribution in [0.4, 0.5) is 4.39 Å². The van der Waals surface area contributed by atoms with Crippen LogP contribution in [0.1, 0.15) is 16.7 Å². The minimum absolute atomic E-state index is 0.344. The van der Waals surface area contributed by atoms with E-state index in [1.54, 1.807) is 19.2 Å². The zero-order valence-corrected chi connectivity index (χ0v) is 13.7. The minimum atomic E-state index is -0.344. The molecule has 120 valence electrons. The normalized spacial score (nSPS) is 10.7. The number of hydrogen-bond acceptors (Lipinski definition) is 3. The van der Waals surface area contributed by atoms with Gasteiger partial charge in [0.15, 0.2) is 0 Å². The Morgan fingerprint density at radius 1 is 1.22 bits per heavy atom. The van der Waals surface area contributed by atoms with Crippen molar-refractivity contribution >= 4 is 11.6 Å². The summed E-state index contributed by atoms with van der Waals surface area (Å²) in [6, 6.07) is 14.1. The Labute approximate surface area is 140 Å². The van der Waals surface area contributed by atoms with Crippen molar-refractivity contribution in [2.75, 3.05) is 20.3 Å². The van der Waals surface area contributed by atoms with E-state index < -0.39 is 0 Å². The van der Waals surface area contributed by atoms with Crippen LogP contribution in [0.15, 0.2) is 42.5 Å². The quantitative estimate of drug-likeness (QED) is 0.769. The molecule has 0 fully saturated rings. The molecular weight excluding hydrogens is 315 g/mol. The molecule has 3 nitrogen and oxygen atoms in total. The largest absolute Gasteiger partial charge is 0.383 e. The van der Waals surface area contributed by atoms with Crippen LogP contribution >= 0.6 is 11.6 Å². The number of rotatable bonds is 7. The lowest BCUT2D eigenvalue weighted by atomic mass is 10.1. The maximum absolute atomic E-state index is 13.2. The fourth-order valence-electron chi connectivity index (χ4n) is 2.32. The number of methoxy groups -OCH3 is 1. The molecule has 0 aliphatic heterocycles. The molecule has 5 heteroatoms. The lowest BCUT2D eigenvalue weighted by Gasteiger charge is -2.23. The van der Waals surface area contributed by atoms with Gasteiger partial charge in [0.2, 0.25) is 0 Å². The summed E-state index contributed by atoms with van der Waals surface area (Å²) in [6.07, 6.45) is 0. The second-order valence-electron chi connectivity index (χ2n) is 5.25. The Bertz CT molecular complexity index is 700. The molecule has 23 heavy (non-hydrogen) atoms. The highest BCUT2D eigenvalue weighted by atomic mass is 35.5. The Morgan fingerprint density at radius 3 is 2.74 bits per heavy atom. The van der Waals surface area contributed by atoms with Crippen LogP contribution < -0.4 is 0 Å². The molecule has 0 spiro atoms. The van der Waals surface area contributed by atoms with E-state index in [-0.39, 0.29) is 5.82 Å². The van der Waals surface area contributed by atoms with E-state index >= 15 is 0 Å². The smallest absolute Gasteiger partial charge is 0.124 e. The first-order valence-corrected chi connectivity index (χ1v) is 7.64. The molecule has 0 aliphatic rings. The Morgan fingerprint density at radius 2 is 2.04 bits per heavy atom. The highest BCUT2D eigenvalue weighted by molar-refractivity contribution is 6.31. The summed E-state index contributed by atoms with van der Waals surface area (Å²) in [7, 11) is 1.65. The molecule has 0 saturated carbocycles.